The van der Waals surface area contributed by atoms with Crippen molar-refractivity contribution in [2.75, 3.05) is 0 Å². The SMILES string of the molecule is CCC[Si](Cl)(CCC)C1CCCCC1. The summed E-state index contributed by atoms with van der Waals surface area (Å²) in [4.78, 5) is 0. The molecule has 1 aliphatic carbocycles. The van der Waals surface area contributed by atoms with Crippen LogP contribution >= 0.6 is 11.1 Å². The van der Waals surface area contributed by atoms with Crippen molar-refractivity contribution in [1.82, 2.24) is 0 Å². The molecule has 0 unspecified atom stereocenters. The average molecular weight is 233 g/mol. The average Bonchev–Trinajstić information content (AvgIpc) is 2.20. The Balaban J connectivity index is 2.54. The first-order valence-corrected chi connectivity index (χ1v) is 9.92. The highest BCUT2D eigenvalue weighted by atomic mass is 35.6. The minimum atomic E-state index is -1.38. The zero-order valence-corrected chi connectivity index (χ0v) is 11.6. The summed E-state index contributed by atoms with van der Waals surface area (Å²) >= 11 is 6.96. The lowest BCUT2D eigenvalue weighted by Crippen LogP contribution is -2.34. The summed E-state index contributed by atoms with van der Waals surface area (Å²) < 4.78 is 0. The quantitative estimate of drug-likeness (QED) is 0.444. The molecular formula is C12H25ClSi. The van der Waals surface area contributed by atoms with Crippen LogP contribution < -0.4 is 0 Å². The number of hydrogen-bond donors (Lipinski definition) is 0. The van der Waals surface area contributed by atoms with Crippen LogP contribution in [-0.2, 0) is 0 Å². The van der Waals surface area contributed by atoms with E-state index < -0.39 is 7.38 Å². The molecule has 14 heavy (non-hydrogen) atoms. The normalized spacial score (nSPS) is 19.9. The second-order valence-electron chi connectivity index (χ2n) is 4.87. The molecule has 0 aliphatic heterocycles. The fraction of sp³-hybridized carbons (Fsp3) is 1.00. The fourth-order valence-corrected chi connectivity index (χ4v) is 8.94. The lowest BCUT2D eigenvalue weighted by atomic mass is 10.0. The molecule has 84 valence electrons. The lowest BCUT2D eigenvalue weighted by Gasteiger charge is -2.35. The van der Waals surface area contributed by atoms with Crippen molar-refractivity contribution in [1.29, 1.82) is 0 Å². The third-order valence-corrected chi connectivity index (χ3v) is 10.4. The Hall–Kier alpha value is 0.507. The second-order valence-corrected chi connectivity index (χ2v) is 11.0. The topological polar surface area (TPSA) is 0 Å². The Morgan fingerprint density at radius 2 is 1.50 bits per heavy atom. The molecule has 0 saturated heterocycles. The van der Waals surface area contributed by atoms with Gasteiger partial charge in [0.2, 0.25) is 0 Å². The highest BCUT2D eigenvalue weighted by Gasteiger charge is 2.38. The van der Waals surface area contributed by atoms with E-state index in [4.69, 9.17) is 11.1 Å². The van der Waals surface area contributed by atoms with Crippen LogP contribution in [0.2, 0.25) is 17.6 Å². The van der Waals surface area contributed by atoms with Crippen LogP contribution in [0.15, 0.2) is 0 Å². The van der Waals surface area contributed by atoms with Crippen molar-refractivity contribution < 1.29 is 0 Å². The van der Waals surface area contributed by atoms with Crippen LogP contribution in [0.4, 0.5) is 0 Å². The van der Waals surface area contributed by atoms with Gasteiger partial charge in [0.1, 0.15) is 0 Å². The first-order valence-electron chi connectivity index (χ1n) is 6.42. The minimum Gasteiger partial charge on any atom is -0.167 e. The Bertz CT molecular complexity index is 146. The van der Waals surface area contributed by atoms with E-state index in [1.165, 1.54) is 57.0 Å². The van der Waals surface area contributed by atoms with Gasteiger partial charge in [0.15, 0.2) is 7.38 Å². The van der Waals surface area contributed by atoms with Crippen LogP contribution in [0, 0.1) is 0 Å². The van der Waals surface area contributed by atoms with E-state index >= 15 is 0 Å². The maximum Gasteiger partial charge on any atom is 0.159 e. The Labute approximate surface area is 95.1 Å². The predicted molar refractivity (Wildman–Crippen MR) is 68.6 cm³/mol. The zero-order valence-electron chi connectivity index (χ0n) is 9.82. The van der Waals surface area contributed by atoms with Gasteiger partial charge in [0.25, 0.3) is 0 Å². The van der Waals surface area contributed by atoms with Gasteiger partial charge < -0.3 is 0 Å². The summed E-state index contributed by atoms with van der Waals surface area (Å²) in [7, 11) is -1.38. The van der Waals surface area contributed by atoms with Gasteiger partial charge >= 0.3 is 0 Å². The van der Waals surface area contributed by atoms with Gasteiger partial charge in [0.05, 0.1) is 0 Å². The zero-order chi connectivity index (χ0) is 10.4. The largest absolute Gasteiger partial charge is 0.167 e. The van der Waals surface area contributed by atoms with Gasteiger partial charge in [-0.1, -0.05) is 58.8 Å². The Kier molecular flexibility index (Phi) is 5.54. The molecule has 2 heteroatoms. The molecule has 0 heterocycles. The lowest BCUT2D eigenvalue weighted by molar-refractivity contribution is 0.491. The van der Waals surface area contributed by atoms with E-state index in [1.807, 2.05) is 0 Å². The molecule has 1 rings (SSSR count). The predicted octanol–water partition coefficient (Wildman–Crippen LogP) is 5.33. The third kappa shape index (κ3) is 3.27. The number of rotatable bonds is 5. The Morgan fingerprint density at radius 3 is 1.93 bits per heavy atom. The maximum atomic E-state index is 6.96. The molecule has 0 bridgehead atoms. The molecular weight excluding hydrogens is 208 g/mol. The molecule has 0 atom stereocenters. The van der Waals surface area contributed by atoms with E-state index in [9.17, 15) is 0 Å². The summed E-state index contributed by atoms with van der Waals surface area (Å²) in [6.07, 6.45) is 9.82. The molecule has 0 aromatic rings. The monoisotopic (exact) mass is 232 g/mol. The second kappa shape index (κ2) is 6.17. The highest BCUT2D eigenvalue weighted by Crippen LogP contribution is 2.44. The molecule has 0 radical (unpaired) electrons. The van der Waals surface area contributed by atoms with Crippen LogP contribution in [0.5, 0.6) is 0 Å². The summed E-state index contributed by atoms with van der Waals surface area (Å²) in [6, 6.07) is 2.71. The highest BCUT2D eigenvalue weighted by molar-refractivity contribution is 7.21. The van der Waals surface area contributed by atoms with E-state index in [2.05, 4.69) is 13.8 Å². The number of halogens is 1. The Morgan fingerprint density at radius 1 is 1.00 bits per heavy atom. The summed E-state index contributed by atoms with van der Waals surface area (Å²) in [6.45, 7) is 4.59. The van der Waals surface area contributed by atoms with E-state index in [1.54, 1.807) is 0 Å². The van der Waals surface area contributed by atoms with Crippen molar-refractivity contribution in [2.45, 2.75) is 76.4 Å². The summed E-state index contributed by atoms with van der Waals surface area (Å²) in [5.74, 6) is 0. The first-order chi connectivity index (χ1) is 6.73. The van der Waals surface area contributed by atoms with E-state index in [0.717, 1.165) is 5.54 Å². The summed E-state index contributed by atoms with van der Waals surface area (Å²) in [5.41, 5.74) is 0.942. The van der Waals surface area contributed by atoms with Crippen LogP contribution in [0.25, 0.3) is 0 Å². The standard InChI is InChI=1S/C12H25ClSi/c1-3-10-14(13,11-4-2)12-8-6-5-7-9-12/h12H,3-11H2,1-2H3. The molecule has 1 aliphatic rings. The van der Waals surface area contributed by atoms with Crippen molar-refractivity contribution in [3.8, 4) is 0 Å². The first kappa shape index (κ1) is 12.6. The van der Waals surface area contributed by atoms with Gasteiger partial charge in [-0.15, -0.1) is 0 Å². The van der Waals surface area contributed by atoms with Crippen LogP contribution in [0.3, 0.4) is 0 Å². The van der Waals surface area contributed by atoms with Crippen LogP contribution in [-0.4, -0.2) is 7.38 Å². The molecule has 0 nitrogen and oxygen atoms in total. The molecule has 1 saturated carbocycles. The molecule has 0 aromatic heterocycles. The van der Waals surface area contributed by atoms with Crippen LogP contribution in [0.1, 0.15) is 58.8 Å². The van der Waals surface area contributed by atoms with Crippen molar-refractivity contribution in [3.05, 3.63) is 0 Å². The van der Waals surface area contributed by atoms with Gasteiger partial charge in [0, 0.05) is 0 Å². The smallest absolute Gasteiger partial charge is 0.159 e. The fourth-order valence-electron chi connectivity index (χ4n) is 2.98. The van der Waals surface area contributed by atoms with E-state index in [-0.39, 0.29) is 0 Å². The van der Waals surface area contributed by atoms with Crippen molar-refractivity contribution in [2.24, 2.45) is 0 Å². The van der Waals surface area contributed by atoms with Crippen molar-refractivity contribution >= 4 is 18.5 Å². The molecule has 0 aromatic carbocycles. The van der Waals surface area contributed by atoms with Gasteiger partial charge in [-0.05, 0) is 17.6 Å². The minimum absolute atomic E-state index is 0.942. The number of hydrogen-bond acceptors (Lipinski definition) is 0. The molecule has 1 fully saturated rings. The molecule has 0 N–H and O–H groups in total. The van der Waals surface area contributed by atoms with E-state index in [0.29, 0.717) is 0 Å². The van der Waals surface area contributed by atoms with Gasteiger partial charge in [-0.25, -0.2) is 0 Å². The van der Waals surface area contributed by atoms with Gasteiger partial charge in [-0.3, -0.25) is 0 Å². The maximum absolute atomic E-state index is 6.96. The third-order valence-electron chi connectivity index (χ3n) is 3.67. The van der Waals surface area contributed by atoms with Crippen molar-refractivity contribution in [3.63, 3.8) is 0 Å². The molecule has 0 amide bonds. The molecule has 0 spiro atoms. The summed E-state index contributed by atoms with van der Waals surface area (Å²) in [5, 5.41) is 0. The van der Waals surface area contributed by atoms with Gasteiger partial charge in [-0.2, -0.15) is 11.1 Å².